The molecule has 0 spiro atoms. The molecule has 4 rings (SSSR count). The van der Waals surface area contributed by atoms with Crippen LogP contribution in [0, 0.1) is 6.92 Å². The zero-order valence-corrected chi connectivity index (χ0v) is 28.4. The number of benzene rings is 4. The van der Waals surface area contributed by atoms with E-state index in [0.29, 0.717) is 23.0 Å². The lowest BCUT2D eigenvalue weighted by atomic mass is 10.0. The van der Waals surface area contributed by atoms with Crippen LogP contribution in [0.25, 0.3) is 36.5 Å². The van der Waals surface area contributed by atoms with Crippen LogP contribution >= 0.6 is 0 Å². The van der Waals surface area contributed by atoms with E-state index in [2.05, 4.69) is 0 Å². The third-order valence-corrected chi connectivity index (χ3v) is 7.68. The van der Waals surface area contributed by atoms with E-state index in [1.807, 2.05) is 98.0 Å². The number of methoxy groups -OCH3 is 8. The third-order valence-electron chi connectivity index (χ3n) is 7.68. The van der Waals surface area contributed by atoms with E-state index in [9.17, 15) is 0 Å². The van der Waals surface area contributed by atoms with Crippen LogP contribution in [0.4, 0.5) is 0 Å². The molecule has 0 radical (unpaired) electrons. The first-order valence-corrected chi connectivity index (χ1v) is 14.8. The lowest BCUT2D eigenvalue weighted by Gasteiger charge is -2.13. The number of rotatable bonds is 14. The van der Waals surface area contributed by atoms with Crippen molar-refractivity contribution < 1.29 is 37.9 Å². The van der Waals surface area contributed by atoms with Crippen molar-refractivity contribution in [3.63, 3.8) is 0 Å². The van der Waals surface area contributed by atoms with Crippen LogP contribution < -0.4 is 37.9 Å². The molecule has 8 nitrogen and oxygen atoms in total. The van der Waals surface area contributed by atoms with Crippen LogP contribution in [0.3, 0.4) is 0 Å². The summed E-state index contributed by atoms with van der Waals surface area (Å²) in [4.78, 5) is 0. The molecule has 246 valence electrons. The summed E-state index contributed by atoms with van der Waals surface area (Å²) in [6, 6.07) is 17.3. The average molecular weight is 639 g/mol. The van der Waals surface area contributed by atoms with E-state index in [-0.39, 0.29) is 0 Å². The molecule has 0 atom stereocenters. The standard InChI is InChI=1S/C39H42O8/c1-25-18-35(43-5)27(20-34(25)42-4)12-13-29-22-39(47-9)31(24-38(29)46-8)15-14-30-23-36(44-6)28(21-37(30)45-7)11-10-26-19-32(40-2)16-17-33(26)41-3/h10-24H,1-9H3/b11-10+,13-12+,15-14+. The Morgan fingerprint density at radius 1 is 0.319 bits per heavy atom. The summed E-state index contributed by atoms with van der Waals surface area (Å²) in [7, 11) is 13.1. The first kappa shape index (κ1) is 34.4. The van der Waals surface area contributed by atoms with Gasteiger partial charge in [0.05, 0.1) is 56.9 Å². The van der Waals surface area contributed by atoms with E-state index in [0.717, 1.165) is 61.9 Å². The summed E-state index contributed by atoms with van der Waals surface area (Å²) in [5.41, 5.74) is 6.06. The molecule has 0 bridgehead atoms. The second-order valence-corrected chi connectivity index (χ2v) is 10.3. The molecular weight excluding hydrogens is 596 g/mol. The van der Waals surface area contributed by atoms with E-state index < -0.39 is 0 Å². The number of aryl methyl sites for hydroxylation is 1. The van der Waals surface area contributed by atoms with Gasteiger partial charge in [-0.05, 0) is 67.1 Å². The lowest BCUT2D eigenvalue weighted by molar-refractivity contribution is 0.399. The van der Waals surface area contributed by atoms with Crippen molar-refractivity contribution in [3.05, 3.63) is 93.5 Å². The predicted molar refractivity (Wildman–Crippen MR) is 190 cm³/mol. The Labute approximate surface area is 277 Å². The minimum absolute atomic E-state index is 0.673. The third kappa shape index (κ3) is 8.02. The molecule has 0 amide bonds. The van der Waals surface area contributed by atoms with E-state index in [1.165, 1.54) is 0 Å². The van der Waals surface area contributed by atoms with Crippen LogP contribution in [-0.2, 0) is 0 Å². The van der Waals surface area contributed by atoms with Crippen LogP contribution in [0.15, 0.2) is 54.6 Å². The normalized spacial score (nSPS) is 11.3. The fraction of sp³-hybridized carbons (Fsp3) is 0.231. The molecule has 0 aliphatic rings. The number of hydrogen-bond acceptors (Lipinski definition) is 8. The molecule has 0 fully saturated rings. The summed E-state index contributed by atoms with van der Waals surface area (Å²) in [6.45, 7) is 1.98. The maximum atomic E-state index is 5.78. The van der Waals surface area contributed by atoms with Crippen LogP contribution in [0.1, 0.15) is 38.9 Å². The van der Waals surface area contributed by atoms with Gasteiger partial charge in [0.15, 0.2) is 0 Å². The monoisotopic (exact) mass is 638 g/mol. The zero-order valence-electron chi connectivity index (χ0n) is 28.4. The molecular formula is C39H42O8. The van der Waals surface area contributed by atoms with Gasteiger partial charge in [-0.2, -0.15) is 0 Å². The highest BCUT2D eigenvalue weighted by atomic mass is 16.5. The summed E-state index contributed by atoms with van der Waals surface area (Å²) in [5, 5.41) is 0. The first-order chi connectivity index (χ1) is 22.8. The van der Waals surface area contributed by atoms with Crippen molar-refractivity contribution in [2.75, 3.05) is 56.9 Å². The molecule has 4 aromatic rings. The van der Waals surface area contributed by atoms with Crippen molar-refractivity contribution >= 4 is 36.5 Å². The molecule has 0 heterocycles. The summed E-state index contributed by atoms with van der Waals surface area (Å²) in [6.07, 6.45) is 11.7. The zero-order chi connectivity index (χ0) is 33.9. The second kappa shape index (κ2) is 16.2. The Morgan fingerprint density at radius 3 is 0.936 bits per heavy atom. The Hall–Kier alpha value is -5.50. The van der Waals surface area contributed by atoms with Crippen molar-refractivity contribution in [1.82, 2.24) is 0 Å². The molecule has 0 aromatic heterocycles. The average Bonchev–Trinajstić information content (AvgIpc) is 3.11. The Balaban J connectivity index is 1.68. The second-order valence-electron chi connectivity index (χ2n) is 10.3. The largest absolute Gasteiger partial charge is 0.497 e. The first-order valence-electron chi connectivity index (χ1n) is 14.8. The van der Waals surface area contributed by atoms with E-state index in [4.69, 9.17) is 37.9 Å². The quantitative estimate of drug-likeness (QED) is 0.127. The molecule has 0 unspecified atom stereocenters. The van der Waals surface area contributed by atoms with Crippen molar-refractivity contribution in [1.29, 1.82) is 0 Å². The van der Waals surface area contributed by atoms with Gasteiger partial charge in [0, 0.05) is 33.4 Å². The maximum Gasteiger partial charge on any atom is 0.126 e. The van der Waals surface area contributed by atoms with Crippen molar-refractivity contribution in [2.24, 2.45) is 0 Å². The highest BCUT2D eigenvalue weighted by molar-refractivity contribution is 5.83. The smallest absolute Gasteiger partial charge is 0.126 e. The number of hydrogen-bond donors (Lipinski definition) is 0. The van der Waals surface area contributed by atoms with Gasteiger partial charge in [-0.25, -0.2) is 0 Å². The number of ether oxygens (including phenoxy) is 8. The van der Waals surface area contributed by atoms with Crippen LogP contribution in [0.5, 0.6) is 46.0 Å². The van der Waals surface area contributed by atoms with Gasteiger partial charge < -0.3 is 37.9 Å². The Kier molecular flexibility index (Phi) is 11.8. The van der Waals surface area contributed by atoms with Gasteiger partial charge >= 0.3 is 0 Å². The highest BCUT2D eigenvalue weighted by Gasteiger charge is 2.12. The molecule has 0 N–H and O–H groups in total. The lowest BCUT2D eigenvalue weighted by Crippen LogP contribution is -1.95. The SMILES string of the molecule is COc1ccc(OC)c(/C=C/c2cc(OC)c(/C=C/c3cc(OC)c(/C=C/c4cc(OC)c(C)cc4OC)cc3OC)cc2OC)c1. The van der Waals surface area contributed by atoms with E-state index >= 15 is 0 Å². The fourth-order valence-electron chi connectivity index (χ4n) is 5.12. The van der Waals surface area contributed by atoms with Crippen LogP contribution in [-0.4, -0.2) is 56.9 Å². The van der Waals surface area contributed by atoms with Gasteiger partial charge in [0.1, 0.15) is 46.0 Å². The highest BCUT2D eigenvalue weighted by Crippen LogP contribution is 2.36. The maximum absolute atomic E-state index is 5.78. The van der Waals surface area contributed by atoms with Gasteiger partial charge in [-0.15, -0.1) is 0 Å². The molecule has 0 aliphatic heterocycles. The molecule has 47 heavy (non-hydrogen) atoms. The van der Waals surface area contributed by atoms with Gasteiger partial charge in [0.2, 0.25) is 0 Å². The molecule has 0 aliphatic carbocycles. The van der Waals surface area contributed by atoms with E-state index in [1.54, 1.807) is 56.9 Å². The van der Waals surface area contributed by atoms with Gasteiger partial charge in [0.25, 0.3) is 0 Å². The van der Waals surface area contributed by atoms with Gasteiger partial charge in [-0.3, -0.25) is 0 Å². The van der Waals surface area contributed by atoms with Crippen LogP contribution in [0.2, 0.25) is 0 Å². The summed E-state index contributed by atoms with van der Waals surface area (Å²) in [5.74, 6) is 5.70. The minimum atomic E-state index is 0.673. The molecule has 0 saturated carbocycles. The Morgan fingerprint density at radius 2 is 0.617 bits per heavy atom. The van der Waals surface area contributed by atoms with Crippen molar-refractivity contribution in [3.8, 4) is 46.0 Å². The molecule has 0 saturated heterocycles. The molecule has 8 heteroatoms. The minimum Gasteiger partial charge on any atom is -0.497 e. The molecule has 4 aromatic carbocycles. The summed E-state index contributed by atoms with van der Waals surface area (Å²) >= 11 is 0. The summed E-state index contributed by atoms with van der Waals surface area (Å²) < 4.78 is 45.1. The van der Waals surface area contributed by atoms with Gasteiger partial charge in [-0.1, -0.05) is 36.5 Å². The fourth-order valence-corrected chi connectivity index (χ4v) is 5.12. The Bertz CT molecular complexity index is 1780. The predicted octanol–water partition coefficient (Wildman–Crippen LogP) is 8.58. The van der Waals surface area contributed by atoms with Crippen molar-refractivity contribution in [2.45, 2.75) is 6.92 Å². The topological polar surface area (TPSA) is 73.8 Å².